The van der Waals surface area contributed by atoms with Crippen LogP contribution in [0.15, 0.2) is 35.5 Å². The number of aromatic nitrogens is 2. The van der Waals surface area contributed by atoms with E-state index in [1.807, 2.05) is 0 Å². The number of amides is 1. The van der Waals surface area contributed by atoms with Crippen LogP contribution in [-0.4, -0.2) is 35.9 Å². The Morgan fingerprint density at radius 2 is 2.14 bits per heavy atom. The number of carbonyl (C=O) groups is 1. The topological polar surface area (TPSA) is 135 Å². The van der Waals surface area contributed by atoms with Crippen LogP contribution in [0.2, 0.25) is 0 Å². The lowest BCUT2D eigenvalue weighted by Gasteiger charge is -2.17. The summed E-state index contributed by atoms with van der Waals surface area (Å²) >= 11 is 0. The van der Waals surface area contributed by atoms with Gasteiger partial charge in [-0.05, 0) is 18.2 Å². The van der Waals surface area contributed by atoms with Crippen molar-refractivity contribution in [2.45, 2.75) is 11.4 Å². The van der Waals surface area contributed by atoms with Crippen molar-refractivity contribution in [3.05, 3.63) is 41.7 Å². The molecule has 1 aromatic carbocycles. The number of primary amides is 1. The van der Waals surface area contributed by atoms with Gasteiger partial charge in [-0.15, -0.1) is 0 Å². The Morgan fingerprint density at radius 1 is 1.43 bits per heavy atom. The lowest BCUT2D eigenvalue weighted by Crippen LogP contribution is -2.27. The molecule has 0 saturated carbocycles. The summed E-state index contributed by atoms with van der Waals surface area (Å²) in [6.07, 6.45) is 3.14. The molecule has 21 heavy (non-hydrogen) atoms. The van der Waals surface area contributed by atoms with Crippen LogP contribution < -0.4 is 11.5 Å². The highest BCUT2D eigenvalue weighted by Gasteiger charge is 2.24. The quantitative estimate of drug-likeness (QED) is 0.663. The normalized spacial score (nSPS) is 11.7. The van der Waals surface area contributed by atoms with E-state index in [0.29, 0.717) is 5.56 Å². The second-order valence-corrected chi connectivity index (χ2v) is 6.50. The van der Waals surface area contributed by atoms with Crippen LogP contribution in [0.25, 0.3) is 0 Å². The molecule has 5 N–H and O–H groups in total. The van der Waals surface area contributed by atoms with Gasteiger partial charge in [-0.1, -0.05) is 0 Å². The second-order valence-electron chi connectivity index (χ2n) is 4.48. The molecule has 0 aliphatic rings. The Kier molecular flexibility index (Phi) is 3.96. The van der Waals surface area contributed by atoms with Crippen LogP contribution in [0.1, 0.15) is 15.9 Å². The van der Waals surface area contributed by atoms with Gasteiger partial charge in [0.25, 0.3) is 0 Å². The van der Waals surface area contributed by atoms with Crippen LogP contribution in [0, 0.1) is 0 Å². The van der Waals surface area contributed by atoms with Crippen molar-refractivity contribution in [3.8, 4) is 0 Å². The van der Waals surface area contributed by atoms with Gasteiger partial charge in [-0.3, -0.25) is 9.89 Å². The van der Waals surface area contributed by atoms with Gasteiger partial charge in [0.15, 0.2) is 0 Å². The fourth-order valence-corrected chi connectivity index (χ4v) is 3.06. The zero-order valence-electron chi connectivity index (χ0n) is 11.3. The second kappa shape index (κ2) is 5.54. The summed E-state index contributed by atoms with van der Waals surface area (Å²) in [6.45, 7) is 0.149. The largest absolute Gasteiger partial charge is 0.398 e. The van der Waals surface area contributed by atoms with Gasteiger partial charge in [0.2, 0.25) is 15.9 Å². The molecule has 0 spiro atoms. The number of nitrogen functional groups attached to an aromatic ring is 1. The van der Waals surface area contributed by atoms with Crippen molar-refractivity contribution in [2.24, 2.45) is 5.73 Å². The minimum Gasteiger partial charge on any atom is -0.398 e. The number of hydrogen-bond acceptors (Lipinski definition) is 5. The van der Waals surface area contributed by atoms with Crippen molar-refractivity contribution >= 4 is 21.6 Å². The highest BCUT2D eigenvalue weighted by atomic mass is 32.2. The van der Waals surface area contributed by atoms with Gasteiger partial charge in [-0.2, -0.15) is 9.40 Å². The molecule has 1 heterocycles. The predicted octanol–water partition coefficient (Wildman–Crippen LogP) is -0.0885. The lowest BCUT2D eigenvalue weighted by molar-refractivity contribution is 0.1000. The van der Waals surface area contributed by atoms with Crippen LogP contribution in [0.3, 0.4) is 0 Å². The van der Waals surface area contributed by atoms with E-state index in [-0.39, 0.29) is 22.7 Å². The highest BCUT2D eigenvalue weighted by molar-refractivity contribution is 7.89. The molecule has 0 aliphatic heterocycles. The van der Waals surface area contributed by atoms with E-state index in [0.717, 1.165) is 4.31 Å². The van der Waals surface area contributed by atoms with Crippen LogP contribution in [0.4, 0.5) is 5.69 Å². The highest BCUT2D eigenvalue weighted by Crippen LogP contribution is 2.23. The van der Waals surface area contributed by atoms with Crippen LogP contribution in [0.5, 0.6) is 0 Å². The summed E-state index contributed by atoms with van der Waals surface area (Å²) in [4.78, 5) is 11.0. The Hall–Kier alpha value is -2.39. The van der Waals surface area contributed by atoms with E-state index in [9.17, 15) is 13.2 Å². The molecule has 0 atom stereocenters. The number of carbonyl (C=O) groups excluding carboxylic acids is 1. The van der Waals surface area contributed by atoms with Crippen molar-refractivity contribution < 1.29 is 13.2 Å². The molecule has 1 amide bonds. The molecule has 9 heteroatoms. The summed E-state index contributed by atoms with van der Waals surface area (Å²) < 4.78 is 26.1. The Bertz CT molecular complexity index is 755. The molecule has 0 bridgehead atoms. The number of sulfonamides is 1. The van der Waals surface area contributed by atoms with E-state index in [4.69, 9.17) is 11.5 Å². The maximum Gasteiger partial charge on any atom is 0.248 e. The number of hydrogen-bond donors (Lipinski definition) is 3. The summed E-state index contributed by atoms with van der Waals surface area (Å²) in [5, 5.41) is 6.37. The van der Waals surface area contributed by atoms with Crippen LogP contribution >= 0.6 is 0 Å². The summed E-state index contributed by atoms with van der Waals surface area (Å²) in [7, 11) is -2.34. The van der Waals surface area contributed by atoms with Gasteiger partial charge >= 0.3 is 0 Å². The zero-order valence-corrected chi connectivity index (χ0v) is 12.1. The summed E-state index contributed by atoms with van der Waals surface area (Å²) in [6, 6.07) is 3.86. The molecule has 112 valence electrons. The van der Waals surface area contributed by atoms with Crippen LogP contribution in [-0.2, 0) is 16.6 Å². The maximum atomic E-state index is 12.5. The van der Waals surface area contributed by atoms with Gasteiger partial charge in [0.05, 0.1) is 11.9 Å². The van der Waals surface area contributed by atoms with Gasteiger partial charge in [-0.25, -0.2) is 8.42 Å². The molecule has 0 aliphatic carbocycles. The average molecular weight is 309 g/mol. The van der Waals surface area contributed by atoms with Gasteiger partial charge < -0.3 is 11.5 Å². The van der Waals surface area contributed by atoms with E-state index < -0.39 is 15.9 Å². The van der Waals surface area contributed by atoms with E-state index >= 15 is 0 Å². The van der Waals surface area contributed by atoms with Crippen molar-refractivity contribution in [1.82, 2.24) is 14.5 Å². The van der Waals surface area contributed by atoms with E-state index in [1.165, 1.54) is 31.4 Å². The number of anilines is 1. The number of nitrogens with one attached hydrogen (secondary N) is 1. The lowest BCUT2D eigenvalue weighted by atomic mass is 10.2. The van der Waals surface area contributed by atoms with Crippen molar-refractivity contribution in [1.29, 1.82) is 0 Å². The van der Waals surface area contributed by atoms with E-state index in [1.54, 1.807) is 6.20 Å². The van der Waals surface area contributed by atoms with Gasteiger partial charge in [0.1, 0.15) is 4.90 Å². The number of nitrogens with zero attached hydrogens (tertiary/aromatic N) is 2. The Balaban J connectivity index is 2.33. The molecule has 0 unspecified atom stereocenters. The van der Waals surface area contributed by atoms with Crippen molar-refractivity contribution in [2.75, 3.05) is 12.8 Å². The average Bonchev–Trinajstić information content (AvgIpc) is 2.90. The van der Waals surface area contributed by atoms with Gasteiger partial charge in [0, 0.05) is 30.9 Å². The third-order valence-electron chi connectivity index (χ3n) is 2.94. The minimum atomic E-state index is -3.77. The summed E-state index contributed by atoms with van der Waals surface area (Å²) in [5.74, 6) is -0.669. The molecule has 0 radical (unpaired) electrons. The molecule has 2 aromatic rings. The Morgan fingerprint density at radius 3 is 2.67 bits per heavy atom. The number of nitrogens with two attached hydrogens (primary N) is 2. The molecular weight excluding hydrogens is 294 g/mol. The van der Waals surface area contributed by atoms with Crippen molar-refractivity contribution in [3.63, 3.8) is 0 Å². The van der Waals surface area contributed by atoms with E-state index in [2.05, 4.69) is 10.2 Å². The first-order valence-electron chi connectivity index (χ1n) is 5.95. The zero-order chi connectivity index (χ0) is 15.6. The third kappa shape index (κ3) is 3.03. The Labute approximate surface area is 121 Å². The molecule has 1 aromatic heterocycles. The first kappa shape index (κ1) is 15.0. The molecule has 0 saturated heterocycles. The monoisotopic (exact) mass is 309 g/mol. The number of H-pyrrole nitrogens is 1. The maximum absolute atomic E-state index is 12.5. The number of aromatic amines is 1. The fourth-order valence-electron chi connectivity index (χ4n) is 1.81. The first-order chi connectivity index (χ1) is 9.82. The molecule has 8 nitrogen and oxygen atoms in total. The standard InChI is InChI=1S/C12H15N5O3S/c1-17(7-8-5-15-16-6-8)21(19,20)11-3-2-9(12(14)18)4-10(11)13/h2-6H,7,13H2,1H3,(H2,14,18)(H,15,16). The fraction of sp³-hybridized carbons (Fsp3) is 0.167. The predicted molar refractivity (Wildman–Crippen MR) is 76.6 cm³/mol. The third-order valence-corrected chi connectivity index (χ3v) is 4.82. The molecule has 2 rings (SSSR count). The summed E-state index contributed by atoms with van der Waals surface area (Å²) in [5.41, 5.74) is 11.7. The minimum absolute atomic E-state index is 0.0228. The molecular formula is C12H15N5O3S. The smallest absolute Gasteiger partial charge is 0.248 e. The number of rotatable bonds is 5. The SMILES string of the molecule is CN(Cc1cn[nH]c1)S(=O)(=O)c1ccc(C(N)=O)cc1N. The number of benzene rings is 1. The molecule has 0 fully saturated rings. The first-order valence-corrected chi connectivity index (χ1v) is 7.39.